The Morgan fingerprint density at radius 1 is 1.21 bits per heavy atom. The molecule has 0 radical (unpaired) electrons. The van der Waals surface area contributed by atoms with Crippen molar-refractivity contribution in [1.29, 1.82) is 0 Å². The van der Waals surface area contributed by atoms with Gasteiger partial charge in [0.2, 0.25) is 11.8 Å². The fourth-order valence-corrected chi connectivity index (χ4v) is 5.25. The Bertz CT molecular complexity index is 980. The van der Waals surface area contributed by atoms with Gasteiger partial charge < -0.3 is 9.73 Å². The van der Waals surface area contributed by atoms with Crippen molar-refractivity contribution in [3.8, 4) is 11.5 Å². The van der Waals surface area contributed by atoms with Gasteiger partial charge in [-0.25, -0.2) is 13.4 Å². The molecule has 158 valence electrons. The highest BCUT2D eigenvalue weighted by Gasteiger charge is 2.30. The van der Waals surface area contributed by atoms with Crippen LogP contribution in [0.25, 0.3) is 11.5 Å². The van der Waals surface area contributed by atoms with Crippen LogP contribution in [0.1, 0.15) is 50.1 Å². The van der Waals surface area contributed by atoms with E-state index in [0.29, 0.717) is 29.2 Å². The lowest BCUT2D eigenvalue weighted by Crippen LogP contribution is -2.45. The van der Waals surface area contributed by atoms with Gasteiger partial charge >= 0.3 is 0 Å². The van der Waals surface area contributed by atoms with E-state index >= 15 is 0 Å². The van der Waals surface area contributed by atoms with Crippen LogP contribution in [-0.2, 0) is 20.4 Å². The summed E-state index contributed by atoms with van der Waals surface area (Å²) in [5.74, 6) is 0.473. The molecule has 1 aromatic heterocycles. The van der Waals surface area contributed by atoms with Gasteiger partial charge in [0.25, 0.3) is 0 Å². The molecule has 0 spiro atoms. The van der Waals surface area contributed by atoms with Crippen LogP contribution in [0.3, 0.4) is 0 Å². The molecule has 2 aromatic rings. The summed E-state index contributed by atoms with van der Waals surface area (Å²) >= 11 is 0. The third kappa shape index (κ3) is 5.26. The number of rotatable bonds is 6. The summed E-state index contributed by atoms with van der Waals surface area (Å²) in [7, 11) is -3.65. The Kier molecular flexibility index (Phi) is 6.46. The number of oxazole rings is 1. The number of hydrogen-bond donors (Lipinski definition) is 1. The Balaban J connectivity index is 1.67. The van der Waals surface area contributed by atoms with E-state index in [2.05, 4.69) is 24.1 Å². The molecule has 6 nitrogen and oxygen atoms in total. The minimum absolute atomic E-state index is 0.0443. The molecular formula is C22H30N2O4S. The topological polar surface area (TPSA) is 89.3 Å². The average Bonchev–Trinajstić information content (AvgIpc) is 2.98. The highest BCUT2D eigenvalue weighted by molar-refractivity contribution is 7.91. The first kappa shape index (κ1) is 21.6. The highest BCUT2D eigenvalue weighted by Crippen LogP contribution is 2.29. The molecule has 1 N–H and O–H groups in total. The fourth-order valence-electron chi connectivity index (χ4n) is 3.98. The summed E-state index contributed by atoms with van der Waals surface area (Å²) < 4.78 is 30.9. The number of nitrogens with one attached hydrogen (secondary N) is 1. The smallest absolute Gasteiger partial charge is 0.235 e. The van der Waals surface area contributed by atoms with E-state index in [1.807, 2.05) is 31.2 Å². The zero-order valence-corrected chi connectivity index (χ0v) is 18.4. The van der Waals surface area contributed by atoms with Gasteiger partial charge in [0.1, 0.15) is 11.5 Å². The normalized spacial score (nSPS) is 22.4. The number of carbonyl (C=O) groups is 1. The predicted octanol–water partition coefficient (Wildman–Crippen LogP) is 3.81. The number of amides is 1. The van der Waals surface area contributed by atoms with Crippen molar-refractivity contribution in [2.45, 2.75) is 58.8 Å². The number of benzene rings is 1. The molecule has 1 aliphatic rings. The molecule has 3 unspecified atom stereocenters. The van der Waals surface area contributed by atoms with Crippen LogP contribution in [0.15, 0.2) is 28.7 Å². The van der Waals surface area contributed by atoms with Crippen LogP contribution in [0, 0.1) is 25.7 Å². The summed E-state index contributed by atoms with van der Waals surface area (Å²) in [6.45, 7) is 7.95. The summed E-state index contributed by atoms with van der Waals surface area (Å²) in [5.41, 5.74) is 2.19. The number of sulfone groups is 1. The van der Waals surface area contributed by atoms with Gasteiger partial charge in [-0.1, -0.05) is 44.9 Å². The van der Waals surface area contributed by atoms with E-state index < -0.39 is 21.5 Å². The molecule has 0 saturated heterocycles. The van der Waals surface area contributed by atoms with Crippen LogP contribution in [-0.4, -0.2) is 31.1 Å². The zero-order valence-electron chi connectivity index (χ0n) is 17.6. The van der Waals surface area contributed by atoms with Crippen molar-refractivity contribution in [2.24, 2.45) is 11.8 Å². The third-order valence-corrected chi connectivity index (χ3v) is 7.44. The Morgan fingerprint density at radius 3 is 2.66 bits per heavy atom. The second-order valence-corrected chi connectivity index (χ2v) is 10.4. The molecule has 3 rings (SSSR count). The first-order valence-electron chi connectivity index (χ1n) is 10.2. The summed E-state index contributed by atoms with van der Waals surface area (Å²) in [6, 6.07) is 7.69. The van der Waals surface area contributed by atoms with E-state index in [9.17, 15) is 13.2 Å². The molecule has 1 aliphatic carbocycles. The second kappa shape index (κ2) is 8.69. The van der Waals surface area contributed by atoms with E-state index in [1.165, 1.54) is 0 Å². The lowest BCUT2D eigenvalue weighted by molar-refractivity contribution is -0.120. The standard InChI is InChI=1S/C22H30N2O4S/c1-14-9-7-11-19(16(14)3)23-21(25)13-29(26,27)12-20-17(4)28-22(24-20)18-10-6-5-8-15(18)2/h5-6,8,10,14,16,19H,7,9,11-13H2,1-4H3,(H,23,25). The Labute approximate surface area is 173 Å². The largest absolute Gasteiger partial charge is 0.441 e. The first-order valence-corrected chi connectivity index (χ1v) is 12.0. The molecule has 1 aromatic carbocycles. The SMILES string of the molecule is Cc1ccccc1-c1nc(CS(=O)(=O)CC(=O)NC2CCCC(C)C2C)c(C)o1. The predicted molar refractivity (Wildman–Crippen MR) is 113 cm³/mol. The molecule has 1 fully saturated rings. The van der Waals surface area contributed by atoms with Gasteiger partial charge in [0.05, 0.1) is 11.4 Å². The average molecular weight is 419 g/mol. The first-order chi connectivity index (χ1) is 13.7. The van der Waals surface area contributed by atoms with Crippen LogP contribution in [0.4, 0.5) is 0 Å². The number of hydrogen-bond acceptors (Lipinski definition) is 5. The van der Waals surface area contributed by atoms with Gasteiger partial charge in [-0.2, -0.15) is 0 Å². The summed E-state index contributed by atoms with van der Waals surface area (Å²) in [5, 5.41) is 2.93. The number of aryl methyl sites for hydroxylation is 2. The summed E-state index contributed by atoms with van der Waals surface area (Å²) in [4.78, 5) is 16.8. The van der Waals surface area contributed by atoms with Gasteiger partial charge in [0.15, 0.2) is 9.84 Å². The van der Waals surface area contributed by atoms with E-state index in [1.54, 1.807) is 6.92 Å². The maximum atomic E-state index is 12.6. The Hall–Kier alpha value is -2.15. The van der Waals surface area contributed by atoms with E-state index in [-0.39, 0.29) is 11.8 Å². The fraction of sp³-hybridized carbons (Fsp3) is 0.545. The van der Waals surface area contributed by atoms with Crippen molar-refractivity contribution in [2.75, 3.05) is 5.75 Å². The van der Waals surface area contributed by atoms with Gasteiger partial charge in [-0.15, -0.1) is 0 Å². The molecule has 3 atom stereocenters. The van der Waals surface area contributed by atoms with Crippen LogP contribution >= 0.6 is 0 Å². The Morgan fingerprint density at radius 2 is 1.93 bits per heavy atom. The van der Waals surface area contributed by atoms with Crippen LogP contribution in [0.5, 0.6) is 0 Å². The van der Waals surface area contributed by atoms with Crippen molar-refractivity contribution >= 4 is 15.7 Å². The van der Waals surface area contributed by atoms with E-state index in [0.717, 1.165) is 30.4 Å². The van der Waals surface area contributed by atoms with Crippen LogP contribution < -0.4 is 5.32 Å². The monoisotopic (exact) mass is 418 g/mol. The zero-order chi connectivity index (χ0) is 21.2. The maximum absolute atomic E-state index is 12.6. The molecule has 0 bridgehead atoms. The second-order valence-electron chi connectivity index (χ2n) is 8.31. The van der Waals surface area contributed by atoms with Crippen LogP contribution in [0.2, 0.25) is 0 Å². The summed E-state index contributed by atoms with van der Waals surface area (Å²) in [6.07, 6.45) is 3.11. The highest BCUT2D eigenvalue weighted by atomic mass is 32.2. The number of nitrogens with zero attached hydrogens (tertiary/aromatic N) is 1. The minimum atomic E-state index is -3.65. The lowest BCUT2D eigenvalue weighted by atomic mass is 9.78. The molecule has 1 saturated carbocycles. The lowest BCUT2D eigenvalue weighted by Gasteiger charge is -2.34. The van der Waals surface area contributed by atoms with Crippen molar-refractivity contribution in [3.63, 3.8) is 0 Å². The minimum Gasteiger partial charge on any atom is -0.441 e. The molecule has 7 heteroatoms. The van der Waals surface area contributed by atoms with Crippen molar-refractivity contribution < 1.29 is 17.6 Å². The van der Waals surface area contributed by atoms with E-state index in [4.69, 9.17) is 4.42 Å². The molecule has 1 heterocycles. The third-order valence-electron chi connectivity index (χ3n) is 6.03. The number of carbonyl (C=O) groups excluding carboxylic acids is 1. The number of aromatic nitrogens is 1. The molecular weight excluding hydrogens is 388 g/mol. The van der Waals surface area contributed by atoms with Gasteiger partial charge in [0, 0.05) is 11.6 Å². The maximum Gasteiger partial charge on any atom is 0.235 e. The van der Waals surface area contributed by atoms with Crippen molar-refractivity contribution in [3.05, 3.63) is 41.3 Å². The quantitative estimate of drug-likeness (QED) is 0.770. The van der Waals surface area contributed by atoms with Gasteiger partial charge in [-0.05, 0) is 43.7 Å². The molecule has 1 amide bonds. The molecule has 29 heavy (non-hydrogen) atoms. The van der Waals surface area contributed by atoms with Gasteiger partial charge in [-0.3, -0.25) is 4.79 Å². The van der Waals surface area contributed by atoms with Crippen molar-refractivity contribution in [1.82, 2.24) is 10.3 Å². The molecule has 0 aliphatic heterocycles.